The average Bonchev–Trinajstić information content (AvgIpc) is 3.01. The van der Waals surface area contributed by atoms with Gasteiger partial charge in [-0.1, -0.05) is 43.9 Å². The topological polar surface area (TPSA) is 163 Å². The van der Waals surface area contributed by atoms with Crippen LogP contribution in [0.1, 0.15) is 103 Å². The van der Waals surface area contributed by atoms with Crippen LogP contribution in [0.5, 0.6) is 0 Å². The minimum atomic E-state index is -0.445. The van der Waals surface area contributed by atoms with E-state index in [1.165, 1.54) is 0 Å². The van der Waals surface area contributed by atoms with Gasteiger partial charge in [0.1, 0.15) is 19.9 Å². The van der Waals surface area contributed by atoms with E-state index < -0.39 is 5.97 Å². The van der Waals surface area contributed by atoms with Gasteiger partial charge < -0.3 is 18.9 Å². The van der Waals surface area contributed by atoms with Crippen LogP contribution in [0, 0.1) is 23.0 Å². The van der Waals surface area contributed by atoms with E-state index in [0.29, 0.717) is 44.7 Å². The van der Waals surface area contributed by atoms with Gasteiger partial charge in [0.25, 0.3) is 12.5 Å². The van der Waals surface area contributed by atoms with Gasteiger partial charge in [0.15, 0.2) is 0 Å². The third-order valence-corrected chi connectivity index (χ3v) is 6.45. The molecule has 0 heterocycles. The molecule has 1 N–H and O–H groups in total. The predicted octanol–water partition coefficient (Wildman–Crippen LogP) is 4.65. The molecule has 13 heteroatoms. The molecule has 0 bridgehead atoms. The number of carbonyl (C=O) groups is 3. The molecule has 0 fully saturated rings. The van der Waals surface area contributed by atoms with Crippen molar-refractivity contribution < 1.29 is 38.2 Å². The molecule has 0 aliphatic heterocycles. The molecule has 0 spiro atoms. The molecule has 13 nitrogen and oxygen atoms in total. The number of ether oxygens (including phenoxy) is 4. The highest BCUT2D eigenvalue weighted by Gasteiger charge is 2.14. The lowest BCUT2D eigenvalue weighted by Gasteiger charge is -2.31. The molecule has 0 aliphatic rings. The number of esters is 2. The normalized spacial score (nSPS) is 10.5. The van der Waals surface area contributed by atoms with Crippen molar-refractivity contribution in [3.8, 4) is 12.5 Å². The highest BCUT2D eigenvalue weighted by molar-refractivity contribution is 5.86. The van der Waals surface area contributed by atoms with Crippen LogP contribution in [0.25, 0.3) is 0 Å². The van der Waals surface area contributed by atoms with Gasteiger partial charge in [-0.3, -0.25) is 24.8 Å². The van der Waals surface area contributed by atoms with Gasteiger partial charge in [0, 0.05) is 31.5 Å². The minimum absolute atomic E-state index is 0.192. The van der Waals surface area contributed by atoms with Gasteiger partial charge >= 0.3 is 11.9 Å². The fourth-order valence-electron chi connectivity index (χ4n) is 4.00. The second-order valence-corrected chi connectivity index (χ2v) is 10.3. The summed E-state index contributed by atoms with van der Waals surface area (Å²) in [6, 6.07) is 0. The van der Waals surface area contributed by atoms with Gasteiger partial charge in [0.2, 0.25) is 6.41 Å². The van der Waals surface area contributed by atoms with Crippen LogP contribution in [0.2, 0.25) is 0 Å². The number of nitriles is 2. The second-order valence-electron chi connectivity index (χ2n) is 10.3. The maximum Gasteiger partial charge on any atom is 0.333 e. The summed E-state index contributed by atoms with van der Waals surface area (Å²) in [6.07, 6.45) is 16.6. The van der Waals surface area contributed by atoms with E-state index in [1.807, 2.05) is 0 Å². The Kier molecular flexibility index (Phi) is 28.7. The molecule has 44 heavy (non-hydrogen) atoms. The molecule has 250 valence electrons. The molecule has 0 rings (SSSR count). The number of hydroxylamine groups is 1. The summed E-state index contributed by atoms with van der Waals surface area (Å²) in [4.78, 5) is 41.0. The summed E-state index contributed by atoms with van der Waals surface area (Å²) in [7, 11) is 0. The Morgan fingerprint density at radius 2 is 1.32 bits per heavy atom. The summed E-state index contributed by atoms with van der Waals surface area (Å²) >= 11 is 0. The summed E-state index contributed by atoms with van der Waals surface area (Å²) < 4.78 is 19.5. The van der Waals surface area contributed by atoms with Gasteiger partial charge in [-0.25, -0.2) is 4.79 Å². The first-order chi connectivity index (χ1) is 21.5. The van der Waals surface area contributed by atoms with Crippen molar-refractivity contribution in [1.29, 1.82) is 10.5 Å². The summed E-state index contributed by atoms with van der Waals surface area (Å²) in [5, 5.41) is 23.3. The van der Waals surface area contributed by atoms with Crippen molar-refractivity contribution in [1.82, 2.24) is 15.5 Å². The molecule has 0 radical (unpaired) electrons. The number of carbonyl (C=O) groups excluding carboxylic acids is 3. The number of rotatable bonds is 32. The van der Waals surface area contributed by atoms with Crippen LogP contribution in [0.3, 0.4) is 0 Å². The SMILES string of the molecule is C=C(C)C(=O)OCCCOC(=O)CCCCCCCN(OCNCCCCCCOC#N)N(C=O)CCCCCCOC#N. The van der Waals surface area contributed by atoms with Crippen LogP contribution in [-0.4, -0.2) is 81.3 Å². The Bertz CT molecular complexity index is 846. The lowest BCUT2D eigenvalue weighted by atomic mass is 10.1. The molecule has 0 aromatic rings. The van der Waals surface area contributed by atoms with Gasteiger partial charge in [-0.05, 0) is 64.8 Å². The number of amides is 1. The molecular weight excluding hydrogens is 570 g/mol. The third-order valence-electron chi connectivity index (χ3n) is 6.45. The van der Waals surface area contributed by atoms with Crippen LogP contribution >= 0.6 is 0 Å². The molecule has 0 aromatic carbocycles. The number of hydrazine groups is 1. The predicted molar refractivity (Wildman–Crippen MR) is 163 cm³/mol. The molecule has 0 unspecified atom stereocenters. The van der Waals surface area contributed by atoms with E-state index in [4.69, 9.17) is 29.6 Å². The largest absolute Gasteiger partial charge is 0.466 e. The van der Waals surface area contributed by atoms with Gasteiger partial charge in [0.05, 0.1) is 13.2 Å². The number of unbranched alkanes of at least 4 members (excludes halogenated alkanes) is 10. The first kappa shape index (κ1) is 40.6. The first-order valence-electron chi connectivity index (χ1n) is 15.8. The monoisotopic (exact) mass is 623 g/mol. The molecule has 0 aliphatic carbocycles. The Hall–Kier alpha value is -3.39. The Labute approximate surface area is 263 Å². The van der Waals surface area contributed by atoms with E-state index in [2.05, 4.69) is 16.6 Å². The quantitative estimate of drug-likeness (QED) is 0.0210. The van der Waals surface area contributed by atoms with Crippen molar-refractivity contribution in [2.45, 2.75) is 103 Å². The maximum atomic E-state index is 11.9. The Balaban J connectivity index is 4.26. The van der Waals surface area contributed by atoms with E-state index in [0.717, 1.165) is 96.4 Å². The zero-order valence-corrected chi connectivity index (χ0v) is 26.6. The molecule has 0 saturated carbocycles. The van der Waals surface area contributed by atoms with Crippen LogP contribution in [0.15, 0.2) is 12.2 Å². The molecule has 0 saturated heterocycles. The lowest BCUT2D eigenvalue weighted by Crippen LogP contribution is -2.44. The highest BCUT2D eigenvalue weighted by Crippen LogP contribution is 2.10. The van der Waals surface area contributed by atoms with E-state index in [1.54, 1.807) is 29.6 Å². The summed E-state index contributed by atoms with van der Waals surface area (Å²) in [6.45, 7) is 8.53. The van der Waals surface area contributed by atoms with E-state index in [9.17, 15) is 14.4 Å². The Morgan fingerprint density at radius 1 is 0.750 bits per heavy atom. The molecule has 0 atom stereocenters. The van der Waals surface area contributed by atoms with Crippen molar-refractivity contribution in [3.05, 3.63) is 12.2 Å². The number of hydrogen-bond acceptors (Lipinski definition) is 12. The molecular formula is C31H53N5O8. The van der Waals surface area contributed by atoms with Gasteiger partial charge in [-0.15, -0.1) is 0 Å². The van der Waals surface area contributed by atoms with Crippen LogP contribution < -0.4 is 5.32 Å². The molecule has 0 aromatic heterocycles. The van der Waals surface area contributed by atoms with Gasteiger partial charge in [-0.2, -0.15) is 10.5 Å². The second kappa shape index (κ2) is 31.0. The van der Waals surface area contributed by atoms with Crippen molar-refractivity contribution >= 4 is 18.3 Å². The summed E-state index contributed by atoms with van der Waals surface area (Å²) in [5.74, 6) is -0.699. The van der Waals surface area contributed by atoms with E-state index in [-0.39, 0.29) is 25.9 Å². The number of hydrogen-bond donors (Lipinski definition) is 1. The number of nitrogens with one attached hydrogen (secondary N) is 1. The highest BCUT2D eigenvalue weighted by atomic mass is 16.7. The first-order valence-corrected chi connectivity index (χ1v) is 15.8. The molecule has 1 amide bonds. The van der Waals surface area contributed by atoms with Crippen LogP contribution in [0.4, 0.5) is 0 Å². The zero-order valence-electron chi connectivity index (χ0n) is 26.6. The Morgan fingerprint density at radius 3 is 1.95 bits per heavy atom. The lowest BCUT2D eigenvalue weighted by molar-refractivity contribution is -0.273. The smallest absolute Gasteiger partial charge is 0.333 e. The van der Waals surface area contributed by atoms with E-state index >= 15 is 0 Å². The van der Waals surface area contributed by atoms with Crippen molar-refractivity contribution in [2.75, 3.05) is 52.8 Å². The average molecular weight is 624 g/mol. The van der Waals surface area contributed by atoms with Crippen molar-refractivity contribution in [3.63, 3.8) is 0 Å². The van der Waals surface area contributed by atoms with Crippen LogP contribution in [-0.2, 0) is 38.2 Å². The fourth-order valence-corrected chi connectivity index (χ4v) is 4.00. The zero-order chi connectivity index (χ0) is 32.5. The fraction of sp³-hybridized carbons (Fsp3) is 0.774. The maximum absolute atomic E-state index is 11.9. The standard InChI is InChI=1S/C31H53N5O8/c1-29(2)31(39)43-24-16-23-42-30(38)17-10-4-3-6-13-20-36(35(28-37)19-12-7-9-15-22-41-26-33)44-27-34-18-11-5-8-14-21-40-25-32/h28,34H,1,3-24,27H2,2H3. The number of nitrogens with zero attached hydrogens (tertiary/aromatic N) is 4. The minimum Gasteiger partial charge on any atom is -0.466 e. The summed E-state index contributed by atoms with van der Waals surface area (Å²) in [5.41, 5.74) is 0.339. The van der Waals surface area contributed by atoms with Crippen molar-refractivity contribution in [2.24, 2.45) is 0 Å². The third kappa shape index (κ3) is 26.3.